The van der Waals surface area contributed by atoms with E-state index in [-0.39, 0.29) is 15.9 Å². The van der Waals surface area contributed by atoms with Crippen LogP contribution < -0.4 is 5.73 Å². The van der Waals surface area contributed by atoms with E-state index in [0.717, 1.165) is 6.54 Å². The lowest BCUT2D eigenvalue weighted by Crippen LogP contribution is -2.51. The molecule has 1 fully saturated rings. The van der Waals surface area contributed by atoms with E-state index < -0.39 is 10.0 Å². The van der Waals surface area contributed by atoms with Gasteiger partial charge < -0.3 is 10.6 Å². The first-order chi connectivity index (χ1) is 9.32. The predicted molar refractivity (Wildman–Crippen MR) is 81.0 cm³/mol. The number of pyridine rings is 1. The molecule has 20 heavy (non-hydrogen) atoms. The Hall–Kier alpha value is -1.09. The van der Waals surface area contributed by atoms with Crippen LogP contribution in [0.1, 0.15) is 12.6 Å². The van der Waals surface area contributed by atoms with Crippen LogP contribution in [0.15, 0.2) is 23.2 Å². The molecule has 0 bridgehead atoms. The van der Waals surface area contributed by atoms with Gasteiger partial charge in [-0.3, -0.25) is 4.98 Å². The largest absolute Gasteiger partial charge is 0.388 e. The topological polar surface area (TPSA) is 79.5 Å². The molecule has 1 atom stereocenters. The van der Waals surface area contributed by atoms with Crippen LogP contribution in [0.5, 0.6) is 0 Å². The molecule has 1 aliphatic heterocycles. The Labute approximate surface area is 124 Å². The summed E-state index contributed by atoms with van der Waals surface area (Å²) < 4.78 is 26.5. The van der Waals surface area contributed by atoms with E-state index >= 15 is 0 Å². The normalized spacial score (nSPS) is 21.8. The van der Waals surface area contributed by atoms with Crippen LogP contribution in [0.3, 0.4) is 0 Å². The first-order valence-electron chi connectivity index (χ1n) is 6.28. The van der Waals surface area contributed by atoms with Gasteiger partial charge in [-0.05, 0) is 26.1 Å². The van der Waals surface area contributed by atoms with Gasteiger partial charge in [-0.1, -0.05) is 12.2 Å². The highest BCUT2D eigenvalue weighted by atomic mass is 32.2. The summed E-state index contributed by atoms with van der Waals surface area (Å²) in [4.78, 5) is 6.46. The second kappa shape index (κ2) is 5.72. The minimum absolute atomic E-state index is 0.155. The van der Waals surface area contributed by atoms with Gasteiger partial charge in [0.15, 0.2) is 0 Å². The molecule has 0 radical (unpaired) electrons. The number of rotatable bonds is 3. The number of aromatic nitrogens is 1. The minimum atomic E-state index is -3.50. The van der Waals surface area contributed by atoms with Crippen LogP contribution >= 0.6 is 12.2 Å². The molecule has 0 aromatic carbocycles. The summed E-state index contributed by atoms with van der Waals surface area (Å²) >= 11 is 4.80. The van der Waals surface area contributed by atoms with Crippen molar-refractivity contribution in [2.24, 2.45) is 5.73 Å². The Morgan fingerprint density at radius 1 is 1.45 bits per heavy atom. The van der Waals surface area contributed by atoms with Crippen molar-refractivity contribution < 1.29 is 8.42 Å². The van der Waals surface area contributed by atoms with Crippen molar-refractivity contribution in [2.75, 3.05) is 26.7 Å². The standard InChI is InChI=1S/C12H18N4O2S2/c1-9-8-16(6-5-15(9)2)20(17,18)10-3-4-11(12(13)19)14-7-10/h3-4,7,9H,5-6,8H2,1-2H3,(H2,13,19). The molecule has 1 unspecified atom stereocenters. The van der Waals surface area contributed by atoms with Gasteiger partial charge in [0.05, 0.1) is 5.69 Å². The number of likely N-dealkylation sites (N-methyl/N-ethyl adjacent to an activating group) is 1. The number of sulfonamides is 1. The van der Waals surface area contributed by atoms with Crippen molar-refractivity contribution in [3.8, 4) is 0 Å². The van der Waals surface area contributed by atoms with Gasteiger partial charge in [0.1, 0.15) is 9.88 Å². The summed E-state index contributed by atoms with van der Waals surface area (Å²) in [5.41, 5.74) is 5.87. The van der Waals surface area contributed by atoms with E-state index in [0.29, 0.717) is 18.8 Å². The van der Waals surface area contributed by atoms with Gasteiger partial charge in [-0.15, -0.1) is 0 Å². The molecule has 0 saturated carbocycles. The average Bonchev–Trinajstić information content (AvgIpc) is 2.41. The molecule has 110 valence electrons. The Balaban J connectivity index is 2.24. The van der Waals surface area contributed by atoms with Gasteiger partial charge in [0.2, 0.25) is 10.0 Å². The van der Waals surface area contributed by atoms with Crippen LogP contribution in [-0.4, -0.2) is 60.3 Å². The van der Waals surface area contributed by atoms with Crippen LogP contribution in [0.25, 0.3) is 0 Å². The third-order valence-corrected chi connectivity index (χ3v) is 5.61. The molecule has 2 heterocycles. The molecule has 6 nitrogen and oxygen atoms in total. The van der Waals surface area contributed by atoms with Crippen molar-refractivity contribution in [1.29, 1.82) is 0 Å². The van der Waals surface area contributed by atoms with E-state index in [4.69, 9.17) is 18.0 Å². The molecule has 0 spiro atoms. The monoisotopic (exact) mass is 314 g/mol. The van der Waals surface area contributed by atoms with Crippen LogP contribution in [0.2, 0.25) is 0 Å². The maximum Gasteiger partial charge on any atom is 0.244 e. The smallest absolute Gasteiger partial charge is 0.244 e. The number of nitrogens with zero attached hydrogens (tertiary/aromatic N) is 3. The fourth-order valence-electron chi connectivity index (χ4n) is 2.06. The van der Waals surface area contributed by atoms with E-state index in [2.05, 4.69) is 9.88 Å². The average molecular weight is 314 g/mol. The fraction of sp³-hybridized carbons (Fsp3) is 0.500. The highest BCUT2D eigenvalue weighted by Gasteiger charge is 2.30. The zero-order valence-corrected chi connectivity index (χ0v) is 13.1. The summed E-state index contributed by atoms with van der Waals surface area (Å²) in [7, 11) is -1.51. The second-order valence-electron chi connectivity index (χ2n) is 4.94. The highest BCUT2D eigenvalue weighted by Crippen LogP contribution is 2.18. The molecule has 1 aliphatic rings. The van der Waals surface area contributed by atoms with E-state index in [1.165, 1.54) is 22.6 Å². The van der Waals surface area contributed by atoms with Gasteiger partial charge in [0, 0.05) is 31.9 Å². The minimum Gasteiger partial charge on any atom is -0.388 e. The summed E-state index contributed by atoms with van der Waals surface area (Å²) in [6, 6.07) is 3.23. The SMILES string of the molecule is CC1CN(S(=O)(=O)c2ccc(C(N)=S)nc2)CCN1C. The number of nitrogens with two attached hydrogens (primary N) is 1. The third-order valence-electron chi connectivity index (χ3n) is 3.55. The lowest BCUT2D eigenvalue weighted by atomic mass is 10.2. The van der Waals surface area contributed by atoms with Gasteiger partial charge in [-0.2, -0.15) is 4.31 Å². The van der Waals surface area contributed by atoms with E-state index in [1.807, 2.05) is 14.0 Å². The Morgan fingerprint density at radius 2 is 2.15 bits per heavy atom. The molecule has 2 rings (SSSR count). The lowest BCUT2D eigenvalue weighted by molar-refractivity contribution is 0.159. The van der Waals surface area contributed by atoms with Crippen molar-refractivity contribution in [3.63, 3.8) is 0 Å². The Morgan fingerprint density at radius 3 is 2.65 bits per heavy atom. The maximum absolute atomic E-state index is 12.5. The second-order valence-corrected chi connectivity index (χ2v) is 7.31. The molecule has 0 amide bonds. The predicted octanol–water partition coefficient (Wildman–Crippen LogP) is 0.0404. The van der Waals surface area contributed by atoms with Crippen molar-refractivity contribution in [1.82, 2.24) is 14.2 Å². The third kappa shape index (κ3) is 2.98. The Bertz CT molecular complexity index is 600. The first-order valence-corrected chi connectivity index (χ1v) is 8.13. The molecule has 0 aliphatic carbocycles. The van der Waals surface area contributed by atoms with Gasteiger partial charge >= 0.3 is 0 Å². The summed E-state index contributed by atoms with van der Waals surface area (Å²) in [6.07, 6.45) is 1.31. The fourth-order valence-corrected chi connectivity index (χ4v) is 3.64. The van der Waals surface area contributed by atoms with Crippen LogP contribution in [0, 0.1) is 0 Å². The van der Waals surface area contributed by atoms with Gasteiger partial charge in [-0.25, -0.2) is 8.42 Å². The van der Waals surface area contributed by atoms with Crippen LogP contribution in [-0.2, 0) is 10.0 Å². The number of thiocarbonyl (C=S) groups is 1. The number of piperazine rings is 1. The maximum atomic E-state index is 12.5. The lowest BCUT2D eigenvalue weighted by Gasteiger charge is -2.36. The molecule has 8 heteroatoms. The molecule has 1 aromatic heterocycles. The summed E-state index contributed by atoms with van der Waals surface area (Å²) in [5, 5.41) is 0. The van der Waals surface area contributed by atoms with Crippen molar-refractivity contribution in [3.05, 3.63) is 24.0 Å². The van der Waals surface area contributed by atoms with E-state index in [9.17, 15) is 8.42 Å². The van der Waals surface area contributed by atoms with Crippen molar-refractivity contribution >= 4 is 27.2 Å². The summed E-state index contributed by atoms with van der Waals surface area (Å²) in [6.45, 7) is 3.70. The molecule has 2 N–H and O–H groups in total. The Kier molecular flexibility index (Phi) is 4.38. The molecular weight excluding hydrogens is 296 g/mol. The quantitative estimate of drug-likeness (QED) is 0.794. The first kappa shape index (κ1) is 15.3. The highest BCUT2D eigenvalue weighted by molar-refractivity contribution is 7.89. The number of hydrogen-bond acceptors (Lipinski definition) is 5. The zero-order valence-electron chi connectivity index (χ0n) is 11.5. The molecule has 1 aromatic rings. The van der Waals surface area contributed by atoms with Crippen LogP contribution in [0.4, 0.5) is 0 Å². The summed E-state index contributed by atoms with van der Waals surface area (Å²) in [5.74, 6) is 0. The number of hydrogen-bond donors (Lipinski definition) is 1. The van der Waals surface area contributed by atoms with Crippen molar-refractivity contribution in [2.45, 2.75) is 17.9 Å². The zero-order chi connectivity index (χ0) is 14.9. The van der Waals surface area contributed by atoms with Gasteiger partial charge in [0.25, 0.3) is 0 Å². The van der Waals surface area contributed by atoms with E-state index in [1.54, 1.807) is 0 Å². The molecule has 1 saturated heterocycles. The molecular formula is C12H18N4O2S2.